The number of benzene rings is 8. The smallest absolute Gasteiger partial charge is 0.197 e. The van der Waals surface area contributed by atoms with Gasteiger partial charge in [-0.05, 0) is 91.9 Å². The Morgan fingerprint density at radius 2 is 1.18 bits per heavy atom. The van der Waals surface area contributed by atoms with E-state index in [4.69, 9.17) is 0 Å². The topological polar surface area (TPSA) is 17.0 Å². The van der Waals surface area contributed by atoms with Crippen molar-refractivity contribution in [2.24, 2.45) is 0 Å². The van der Waals surface area contributed by atoms with Crippen LogP contribution in [0.2, 0.25) is 0 Å². The fourth-order valence-electron chi connectivity index (χ4n) is 9.88. The van der Waals surface area contributed by atoms with E-state index in [1.807, 2.05) is 0 Å². The molecule has 0 unspecified atom stereocenters. The van der Waals surface area contributed by atoms with Gasteiger partial charge in [-0.25, -0.2) is 0 Å². The molecule has 0 saturated carbocycles. The van der Waals surface area contributed by atoms with Crippen molar-refractivity contribution in [2.45, 2.75) is 12.3 Å². The predicted molar refractivity (Wildman–Crippen MR) is 214 cm³/mol. The Morgan fingerprint density at radius 3 is 1.98 bits per heavy atom. The van der Waals surface area contributed by atoms with Crippen molar-refractivity contribution < 1.29 is 0 Å². The maximum atomic E-state index is 4.01. The van der Waals surface area contributed by atoms with Crippen LogP contribution in [0, 0.1) is 6.92 Å². The first-order valence-corrected chi connectivity index (χ1v) is 17.9. The number of rotatable bonds is 1. The van der Waals surface area contributed by atoms with Crippen molar-refractivity contribution in [2.75, 3.05) is 5.32 Å². The first kappa shape index (κ1) is 27.5. The summed E-state index contributed by atoms with van der Waals surface area (Å²) in [5, 5.41) is 9.14. The van der Waals surface area contributed by atoms with Gasteiger partial charge in [0.05, 0.1) is 16.6 Å². The number of aromatic nitrogens is 1. The van der Waals surface area contributed by atoms with Gasteiger partial charge >= 0.3 is 0 Å². The van der Waals surface area contributed by atoms with Gasteiger partial charge in [-0.1, -0.05) is 139 Å². The third-order valence-electron chi connectivity index (χ3n) is 11.8. The number of hydrogen-bond acceptors (Lipinski definition) is 1. The number of aryl methyl sites for hydroxylation is 1. The molecule has 12 rings (SSSR count). The molecule has 2 aliphatic heterocycles. The van der Waals surface area contributed by atoms with Crippen LogP contribution in [0.3, 0.4) is 0 Å². The molecular weight excluding hydrogens is 615 g/mol. The second-order valence-electron chi connectivity index (χ2n) is 14.4. The number of hydrogen-bond donors (Lipinski definition) is 1. The van der Waals surface area contributed by atoms with Crippen LogP contribution < -0.4 is 16.2 Å². The fourth-order valence-corrected chi connectivity index (χ4v) is 9.88. The van der Waals surface area contributed by atoms with E-state index < -0.39 is 5.41 Å². The summed E-state index contributed by atoms with van der Waals surface area (Å²) >= 11 is 0. The molecule has 51 heavy (non-hydrogen) atoms. The highest BCUT2D eigenvalue weighted by Gasteiger charge is 2.50. The number of nitrogens with zero attached hydrogens (tertiary/aromatic N) is 1. The van der Waals surface area contributed by atoms with Crippen LogP contribution >= 0.6 is 0 Å². The van der Waals surface area contributed by atoms with Gasteiger partial charge in [-0.3, -0.25) is 0 Å². The van der Waals surface area contributed by atoms with Gasteiger partial charge in [-0.2, -0.15) is 0 Å². The lowest BCUT2D eigenvalue weighted by Gasteiger charge is -2.41. The van der Waals surface area contributed by atoms with Crippen molar-refractivity contribution in [1.82, 2.24) is 4.57 Å². The zero-order chi connectivity index (χ0) is 33.4. The minimum absolute atomic E-state index is 0.440. The zero-order valence-electron chi connectivity index (χ0n) is 28.0. The molecule has 3 heteroatoms. The maximum Gasteiger partial charge on any atom is 0.197 e. The Balaban J connectivity index is 1.17. The molecule has 9 aromatic rings. The van der Waals surface area contributed by atoms with Crippen LogP contribution in [-0.2, 0) is 5.41 Å². The Labute approximate surface area is 296 Å². The summed E-state index contributed by atoms with van der Waals surface area (Å²) in [4.78, 5) is 0. The third-order valence-corrected chi connectivity index (χ3v) is 11.8. The van der Waals surface area contributed by atoms with Crippen LogP contribution in [-0.4, -0.2) is 11.8 Å². The van der Waals surface area contributed by atoms with Gasteiger partial charge in [0.15, 0.2) is 7.28 Å². The van der Waals surface area contributed by atoms with Crippen LogP contribution in [0.5, 0.6) is 0 Å². The van der Waals surface area contributed by atoms with E-state index in [1.165, 1.54) is 105 Å². The molecule has 235 valence electrons. The summed E-state index contributed by atoms with van der Waals surface area (Å²) in [7, 11) is 2.43. The monoisotopic (exact) mass is 645 g/mol. The maximum absolute atomic E-state index is 4.01. The Bertz CT molecular complexity index is 2960. The average Bonchev–Trinajstić information content (AvgIpc) is 3.66. The van der Waals surface area contributed by atoms with Crippen molar-refractivity contribution >= 4 is 62.2 Å². The largest absolute Gasteiger partial charge is 0.354 e. The van der Waals surface area contributed by atoms with E-state index in [0.717, 1.165) is 5.69 Å². The second kappa shape index (κ2) is 9.68. The van der Waals surface area contributed by atoms with E-state index in [9.17, 15) is 0 Å². The highest BCUT2D eigenvalue weighted by Crippen LogP contribution is 2.61. The van der Waals surface area contributed by atoms with Gasteiger partial charge in [-0.15, -0.1) is 0 Å². The molecule has 1 aromatic heterocycles. The van der Waals surface area contributed by atoms with Crippen molar-refractivity contribution in [3.63, 3.8) is 0 Å². The first-order valence-electron chi connectivity index (χ1n) is 17.9. The van der Waals surface area contributed by atoms with Gasteiger partial charge < -0.3 is 9.88 Å². The highest BCUT2D eigenvalue weighted by molar-refractivity contribution is 6.73. The lowest BCUT2D eigenvalue weighted by molar-refractivity contribution is 0.763. The Kier molecular flexibility index (Phi) is 5.22. The minimum atomic E-state index is -0.440. The minimum Gasteiger partial charge on any atom is -0.354 e. The zero-order valence-corrected chi connectivity index (χ0v) is 28.0. The normalized spacial score (nSPS) is 14.1. The van der Waals surface area contributed by atoms with Crippen molar-refractivity contribution in [3.05, 3.63) is 186 Å². The molecule has 2 nitrogen and oxygen atoms in total. The van der Waals surface area contributed by atoms with Gasteiger partial charge in [0.2, 0.25) is 0 Å². The molecule has 1 aliphatic carbocycles. The molecule has 1 N–H and O–H groups in total. The highest BCUT2D eigenvalue weighted by atomic mass is 15.0. The lowest BCUT2D eigenvalue weighted by atomic mass is 9.58. The Hall–Kier alpha value is -6.32. The first-order chi connectivity index (χ1) is 25.2. The molecule has 0 atom stereocenters. The van der Waals surface area contributed by atoms with E-state index in [-0.39, 0.29) is 0 Å². The molecule has 0 fully saturated rings. The van der Waals surface area contributed by atoms with E-state index in [0.29, 0.717) is 0 Å². The van der Waals surface area contributed by atoms with Gasteiger partial charge in [0.1, 0.15) is 0 Å². The molecule has 3 aliphatic rings. The second-order valence-corrected chi connectivity index (χ2v) is 14.4. The number of nitrogens with one attached hydrogen (secondary N) is 1. The van der Waals surface area contributed by atoms with Crippen LogP contribution in [0.15, 0.2) is 158 Å². The number of fused-ring (bicyclic) bond motifs is 15. The molecule has 0 saturated heterocycles. The van der Waals surface area contributed by atoms with E-state index >= 15 is 0 Å². The van der Waals surface area contributed by atoms with E-state index in [2.05, 4.69) is 182 Å². The molecule has 0 bridgehead atoms. The lowest BCUT2D eigenvalue weighted by Crippen LogP contribution is -2.38. The van der Waals surface area contributed by atoms with Gasteiger partial charge in [0.25, 0.3) is 0 Å². The summed E-state index contributed by atoms with van der Waals surface area (Å²) in [5.74, 6) is 0. The quantitative estimate of drug-likeness (QED) is 0.176. The summed E-state index contributed by atoms with van der Waals surface area (Å²) in [6.07, 6.45) is 0. The van der Waals surface area contributed by atoms with Crippen LogP contribution in [0.25, 0.3) is 60.5 Å². The molecule has 8 aromatic carbocycles. The summed E-state index contributed by atoms with van der Waals surface area (Å²) in [6, 6.07) is 59.0. The molecular formula is C48H30BN2. The fraction of sp³-hybridized carbons (Fsp3) is 0.0417. The summed E-state index contributed by atoms with van der Waals surface area (Å²) < 4.78 is 2.53. The molecule has 1 spiro atoms. The average molecular weight is 646 g/mol. The number of anilines is 2. The SMILES string of the molecule is Cc1cc(-c2cccc3c2Nc2ccccc2C32c3ccccc3-c3ccccc32)c2c(c1)-n1c3cc4ccccc4cc3c3cccc(c31)[B]2. The van der Waals surface area contributed by atoms with Crippen molar-refractivity contribution in [3.8, 4) is 27.9 Å². The molecule has 1 radical (unpaired) electrons. The predicted octanol–water partition coefficient (Wildman–Crippen LogP) is 10.3. The summed E-state index contributed by atoms with van der Waals surface area (Å²) in [6.45, 7) is 2.24. The number of para-hydroxylation sites is 3. The third kappa shape index (κ3) is 3.39. The van der Waals surface area contributed by atoms with Crippen LogP contribution in [0.1, 0.15) is 27.8 Å². The van der Waals surface area contributed by atoms with E-state index in [1.54, 1.807) is 0 Å². The molecule has 0 amide bonds. The van der Waals surface area contributed by atoms with Crippen molar-refractivity contribution in [1.29, 1.82) is 0 Å². The standard InChI is InChI=1S/C48H30BN2/c1-28-24-36(45-44(25-28)51-43-27-30-13-3-2-12-29(30)26-35(43)34-17-11-22-41(49-45)47(34)51)33-16-10-21-40-46(33)50-42-23-9-8-20-39(42)48(40)37-18-6-4-14-31(37)32-15-5-7-19-38(32)48/h2-27,50H,1H3. The van der Waals surface area contributed by atoms with Crippen LogP contribution in [0.4, 0.5) is 11.4 Å². The summed E-state index contributed by atoms with van der Waals surface area (Å²) in [5.41, 5.74) is 19.8. The van der Waals surface area contributed by atoms with Gasteiger partial charge in [0, 0.05) is 33.2 Å². The molecule has 3 heterocycles. The Morgan fingerprint density at radius 1 is 0.529 bits per heavy atom.